The highest BCUT2D eigenvalue weighted by Crippen LogP contribution is 2.45. The van der Waals surface area contributed by atoms with Gasteiger partial charge in [0.25, 0.3) is 0 Å². The molecule has 2 heterocycles. The number of rotatable bonds is 7. The fraction of sp³-hybridized carbons (Fsp3) is 0.382. The summed E-state index contributed by atoms with van der Waals surface area (Å²) in [5.41, 5.74) is 2.93. The highest BCUT2D eigenvalue weighted by molar-refractivity contribution is 6.00. The lowest BCUT2D eigenvalue weighted by Gasteiger charge is -2.33. The summed E-state index contributed by atoms with van der Waals surface area (Å²) in [6.07, 6.45) is 1.85. The van der Waals surface area contributed by atoms with Gasteiger partial charge in [-0.2, -0.15) is 5.10 Å². The number of benzene rings is 2. The van der Waals surface area contributed by atoms with Crippen molar-refractivity contribution in [2.75, 3.05) is 14.2 Å². The Morgan fingerprint density at radius 1 is 0.791 bits per heavy atom. The molecule has 0 saturated heterocycles. The molecule has 0 spiro atoms. The smallest absolute Gasteiger partial charge is 0.337 e. The number of nitrogens with zero attached hydrogens (tertiary/aromatic N) is 2. The Labute approximate surface area is 253 Å². The van der Waals surface area contributed by atoms with Gasteiger partial charge >= 0.3 is 11.9 Å². The third-order valence-electron chi connectivity index (χ3n) is 6.73. The Balaban J connectivity index is 2.04. The van der Waals surface area contributed by atoms with Crippen molar-refractivity contribution in [1.29, 1.82) is 0 Å². The first-order valence-corrected chi connectivity index (χ1v) is 14.2. The summed E-state index contributed by atoms with van der Waals surface area (Å²) < 4.78 is 24.6. The quantitative estimate of drug-likeness (QED) is 0.314. The predicted molar refractivity (Wildman–Crippen MR) is 165 cm³/mol. The lowest BCUT2D eigenvalue weighted by molar-refractivity contribution is -0.150. The number of hydrogen-bond donors (Lipinski definition) is 1. The maximum atomic E-state index is 13.9. The van der Waals surface area contributed by atoms with Crippen LogP contribution in [0.15, 0.2) is 77.3 Å². The molecule has 1 N–H and O–H groups in total. The summed E-state index contributed by atoms with van der Waals surface area (Å²) in [5, 5.41) is 8.23. The number of hydrogen-bond acceptors (Lipinski definition) is 8. The average Bonchev–Trinajstić information content (AvgIpc) is 3.36. The third-order valence-corrected chi connectivity index (χ3v) is 6.73. The number of methoxy groups -OCH3 is 2. The van der Waals surface area contributed by atoms with Crippen LogP contribution in [0.1, 0.15) is 66.9 Å². The molecule has 4 rings (SSSR count). The molecule has 0 unspecified atom stereocenters. The van der Waals surface area contributed by atoms with Crippen LogP contribution in [0.5, 0.6) is 11.5 Å². The van der Waals surface area contributed by atoms with Gasteiger partial charge < -0.3 is 24.3 Å². The van der Waals surface area contributed by atoms with Crippen LogP contribution in [0.25, 0.3) is 16.9 Å². The summed E-state index contributed by atoms with van der Waals surface area (Å²) in [6, 6.07) is 15.1. The Bertz CT molecular complexity index is 1540. The Morgan fingerprint density at radius 2 is 1.33 bits per heavy atom. The van der Waals surface area contributed by atoms with E-state index in [-0.39, 0.29) is 0 Å². The average molecular weight is 588 g/mol. The zero-order chi connectivity index (χ0) is 31.7. The highest BCUT2D eigenvalue weighted by atomic mass is 16.6. The first-order valence-electron chi connectivity index (χ1n) is 14.2. The molecule has 1 aliphatic heterocycles. The fourth-order valence-corrected chi connectivity index (χ4v) is 5.03. The van der Waals surface area contributed by atoms with Gasteiger partial charge in [-0.15, -0.1) is 0 Å². The lowest BCUT2D eigenvalue weighted by Crippen LogP contribution is -2.36. The van der Waals surface area contributed by atoms with Crippen molar-refractivity contribution in [1.82, 2.24) is 15.1 Å². The number of ether oxygens (including phenoxy) is 4. The standard InChI is InChI=1S/C34H41N3O6/c1-20-27(31(38)42-33(3,4)5)29(28(21(2)35-20)32(39)43-34(6,7)8)24-19-37(23-14-12-11-13-15-23)36-30(24)22-16-17-25(40-9)26(18-22)41-10/h11-19,29,35H,1-10H3. The van der Waals surface area contributed by atoms with E-state index in [0.29, 0.717) is 50.9 Å². The van der Waals surface area contributed by atoms with Gasteiger partial charge in [0.1, 0.15) is 11.2 Å². The second kappa shape index (κ2) is 12.0. The molecular formula is C34H41N3O6. The van der Waals surface area contributed by atoms with E-state index < -0.39 is 29.1 Å². The van der Waals surface area contributed by atoms with Crippen molar-refractivity contribution < 1.29 is 28.5 Å². The molecule has 0 atom stereocenters. The number of esters is 2. The van der Waals surface area contributed by atoms with Crippen LogP contribution in [0, 0.1) is 0 Å². The van der Waals surface area contributed by atoms with Crippen LogP contribution in [0.4, 0.5) is 0 Å². The van der Waals surface area contributed by atoms with E-state index in [9.17, 15) is 9.59 Å². The maximum Gasteiger partial charge on any atom is 0.337 e. The zero-order valence-corrected chi connectivity index (χ0v) is 26.6. The molecule has 1 aromatic heterocycles. The zero-order valence-electron chi connectivity index (χ0n) is 26.6. The number of carbonyl (C=O) groups is 2. The van der Waals surface area contributed by atoms with E-state index in [1.54, 1.807) is 38.8 Å². The Hall–Kier alpha value is -4.53. The number of para-hydroxylation sites is 1. The molecule has 0 amide bonds. The van der Waals surface area contributed by atoms with E-state index in [2.05, 4.69) is 5.32 Å². The Morgan fingerprint density at radius 3 is 1.81 bits per heavy atom. The SMILES string of the molecule is COc1ccc(-c2nn(-c3ccccc3)cc2C2C(C(=O)OC(C)(C)C)=C(C)NC(C)=C2C(=O)OC(C)(C)C)cc1OC. The first kappa shape index (κ1) is 31.4. The second-order valence-electron chi connectivity index (χ2n) is 12.4. The number of dihydropyridines is 1. The van der Waals surface area contributed by atoms with E-state index in [1.165, 1.54) is 0 Å². The van der Waals surface area contributed by atoms with E-state index >= 15 is 0 Å². The van der Waals surface area contributed by atoms with Gasteiger partial charge in [-0.3, -0.25) is 0 Å². The van der Waals surface area contributed by atoms with Gasteiger partial charge in [0.15, 0.2) is 11.5 Å². The molecule has 0 bridgehead atoms. The minimum atomic E-state index is -0.855. The second-order valence-corrected chi connectivity index (χ2v) is 12.4. The summed E-state index contributed by atoms with van der Waals surface area (Å²) >= 11 is 0. The van der Waals surface area contributed by atoms with Crippen LogP contribution in [-0.4, -0.2) is 47.1 Å². The van der Waals surface area contributed by atoms with E-state index in [1.807, 2.05) is 90.2 Å². The van der Waals surface area contributed by atoms with Crippen molar-refractivity contribution in [3.63, 3.8) is 0 Å². The summed E-state index contributed by atoms with van der Waals surface area (Å²) in [4.78, 5) is 27.8. The minimum absolute atomic E-state index is 0.302. The van der Waals surface area contributed by atoms with Crippen molar-refractivity contribution in [2.24, 2.45) is 0 Å². The summed E-state index contributed by atoms with van der Waals surface area (Å²) in [5.74, 6) is -0.855. The van der Waals surface area contributed by atoms with E-state index in [0.717, 1.165) is 5.69 Å². The molecule has 9 nitrogen and oxygen atoms in total. The lowest BCUT2D eigenvalue weighted by atomic mass is 9.79. The number of nitrogens with one attached hydrogen (secondary N) is 1. The number of carbonyl (C=O) groups excluding carboxylic acids is 2. The van der Waals surface area contributed by atoms with Crippen molar-refractivity contribution >= 4 is 11.9 Å². The van der Waals surface area contributed by atoms with Crippen molar-refractivity contribution in [3.8, 4) is 28.4 Å². The minimum Gasteiger partial charge on any atom is -0.493 e. The first-order chi connectivity index (χ1) is 20.1. The van der Waals surface area contributed by atoms with Crippen LogP contribution in [-0.2, 0) is 19.1 Å². The van der Waals surface area contributed by atoms with E-state index in [4.69, 9.17) is 24.0 Å². The van der Waals surface area contributed by atoms with Crippen molar-refractivity contribution in [2.45, 2.75) is 72.5 Å². The molecule has 0 aliphatic carbocycles. The molecule has 2 aromatic carbocycles. The van der Waals surface area contributed by atoms with Gasteiger partial charge in [0.05, 0.1) is 42.7 Å². The van der Waals surface area contributed by atoms with Crippen molar-refractivity contribution in [3.05, 3.63) is 82.8 Å². The molecule has 9 heteroatoms. The van der Waals surface area contributed by atoms with Gasteiger partial charge in [-0.25, -0.2) is 14.3 Å². The normalized spacial score (nSPS) is 14.4. The number of allylic oxidation sites excluding steroid dienone is 2. The molecule has 3 aromatic rings. The van der Waals surface area contributed by atoms with Gasteiger partial charge in [-0.1, -0.05) is 18.2 Å². The highest BCUT2D eigenvalue weighted by Gasteiger charge is 2.42. The molecule has 1 aliphatic rings. The molecular weight excluding hydrogens is 546 g/mol. The largest absolute Gasteiger partial charge is 0.493 e. The van der Waals surface area contributed by atoms with Crippen LogP contribution in [0.2, 0.25) is 0 Å². The molecule has 0 fully saturated rings. The molecule has 228 valence electrons. The van der Waals surface area contributed by atoms with Crippen LogP contribution in [0.3, 0.4) is 0 Å². The monoisotopic (exact) mass is 587 g/mol. The summed E-state index contributed by atoms with van der Waals surface area (Å²) in [6.45, 7) is 14.5. The number of aromatic nitrogens is 2. The van der Waals surface area contributed by atoms with Gasteiger partial charge in [0.2, 0.25) is 0 Å². The maximum absolute atomic E-state index is 13.9. The Kier molecular flexibility index (Phi) is 8.76. The van der Waals surface area contributed by atoms with Crippen LogP contribution < -0.4 is 14.8 Å². The molecule has 0 radical (unpaired) electrons. The predicted octanol–water partition coefficient (Wildman–Crippen LogP) is 6.47. The summed E-state index contributed by atoms with van der Waals surface area (Å²) in [7, 11) is 3.14. The molecule has 0 saturated carbocycles. The topological polar surface area (TPSA) is 101 Å². The third kappa shape index (κ3) is 6.93. The van der Waals surface area contributed by atoms with Gasteiger partial charge in [-0.05, 0) is 85.7 Å². The van der Waals surface area contributed by atoms with Crippen LogP contribution >= 0.6 is 0 Å². The van der Waals surface area contributed by atoms with Gasteiger partial charge in [0, 0.05) is 28.7 Å². The fourth-order valence-electron chi connectivity index (χ4n) is 5.03. The molecule has 43 heavy (non-hydrogen) atoms.